The number of hydrogen-bond donors (Lipinski definition) is 3. The maximum absolute atomic E-state index is 11.7. The van der Waals surface area contributed by atoms with E-state index in [9.17, 15) is 9.90 Å². The fraction of sp³-hybridized carbons (Fsp3) is 0.643. The second-order valence-electron chi connectivity index (χ2n) is 4.89. The quantitative estimate of drug-likeness (QED) is 0.508. The highest BCUT2D eigenvalue weighted by molar-refractivity contribution is 7.71. The molecule has 0 bridgehead atoms. The third-order valence-electron chi connectivity index (χ3n) is 3.15. The lowest BCUT2D eigenvalue weighted by Gasteiger charge is -2.11. The van der Waals surface area contributed by atoms with Gasteiger partial charge in [-0.25, -0.2) is 0 Å². The first-order chi connectivity index (χ1) is 9.58. The van der Waals surface area contributed by atoms with Crippen LogP contribution >= 0.6 is 12.2 Å². The lowest BCUT2D eigenvalue weighted by atomic mass is 10.0. The van der Waals surface area contributed by atoms with E-state index in [1.54, 1.807) is 0 Å². The fourth-order valence-corrected chi connectivity index (χ4v) is 2.15. The summed E-state index contributed by atoms with van der Waals surface area (Å²) in [5.41, 5.74) is -0.281. The van der Waals surface area contributed by atoms with Crippen LogP contribution in [0.2, 0.25) is 0 Å². The maximum atomic E-state index is 11.7. The molecule has 1 rings (SSSR count). The Bertz CT molecular complexity index is 540. The Balaban J connectivity index is 2.86. The summed E-state index contributed by atoms with van der Waals surface area (Å²) in [4.78, 5) is 21.1. The number of H-pyrrole nitrogens is 2. The molecule has 1 heterocycles. The molecule has 0 radical (unpaired) electrons. The zero-order valence-electron chi connectivity index (χ0n) is 12.1. The van der Waals surface area contributed by atoms with Gasteiger partial charge in [0.1, 0.15) is 5.56 Å². The van der Waals surface area contributed by atoms with E-state index in [1.165, 1.54) is 6.21 Å². The van der Waals surface area contributed by atoms with Gasteiger partial charge in [0.15, 0.2) is 4.77 Å². The summed E-state index contributed by atoms with van der Waals surface area (Å²) in [5, 5.41) is 9.70. The van der Waals surface area contributed by atoms with Crippen LogP contribution in [0.25, 0.3) is 0 Å². The minimum atomic E-state index is -0.417. The molecule has 0 aliphatic rings. The van der Waals surface area contributed by atoms with E-state index < -0.39 is 5.56 Å². The van der Waals surface area contributed by atoms with E-state index in [1.807, 2.05) is 0 Å². The minimum absolute atomic E-state index is 0.109. The smallest absolute Gasteiger partial charge is 0.264 e. The Morgan fingerprint density at radius 3 is 2.35 bits per heavy atom. The number of rotatable bonds is 8. The molecule has 0 saturated heterocycles. The van der Waals surface area contributed by atoms with Gasteiger partial charge in [0, 0.05) is 12.3 Å². The van der Waals surface area contributed by atoms with Gasteiger partial charge in [0.05, 0.1) is 0 Å². The van der Waals surface area contributed by atoms with Gasteiger partial charge >= 0.3 is 0 Å². The topological polar surface area (TPSA) is 81.2 Å². The van der Waals surface area contributed by atoms with Crippen LogP contribution in [0, 0.1) is 4.77 Å². The van der Waals surface area contributed by atoms with Crippen molar-refractivity contribution in [1.29, 1.82) is 0 Å². The van der Waals surface area contributed by atoms with Crippen molar-refractivity contribution in [3.8, 4) is 5.88 Å². The number of aliphatic imine (C=N–C) groups is 1. The summed E-state index contributed by atoms with van der Waals surface area (Å²) in [7, 11) is 0. The third-order valence-corrected chi connectivity index (χ3v) is 3.36. The Morgan fingerprint density at radius 1 is 1.25 bits per heavy atom. The first-order valence-electron chi connectivity index (χ1n) is 7.17. The van der Waals surface area contributed by atoms with Crippen LogP contribution in [0.15, 0.2) is 9.79 Å². The number of nitrogens with one attached hydrogen (secondary N) is 2. The normalized spacial score (nSPS) is 11.6. The first-order valence-corrected chi connectivity index (χ1v) is 7.58. The van der Waals surface area contributed by atoms with Crippen LogP contribution in [-0.2, 0) is 0 Å². The molecule has 0 amide bonds. The Labute approximate surface area is 124 Å². The molecule has 0 aromatic carbocycles. The lowest BCUT2D eigenvalue weighted by Crippen LogP contribution is -2.15. The summed E-state index contributed by atoms with van der Waals surface area (Å²) in [5.74, 6) is -0.229. The second kappa shape index (κ2) is 8.68. The summed E-state index contributed by atoms with van der Waals surface area (Å²) >= 11 is 4.78. The van der Waals surface area contributed by atoms with Gasteiger partial charge < -0.3 is 10.1 Å². The van der Waals surface area contributed by atoms with E-state index in [-0.39, 0.29) is 22.3 Å². The summed E-state index contributed by atoms with van der Waals surface area (Å²) in [6.45, 7) is 4.29. The van der Waals surface area contributed by atoms with E-state index in [0.29, 0.717) is 0 Å². The molecule has 0 saturated carbocycles. The van der Waals surface area contributed by atoms with Gasteiger partial charge in [-0.2, -0.15) is 0 Å². The van der Waals surface area contributed by atoms with Gasteiger partial charge in [-0.05, 0) is 25.1 Å². The largest absolute Gasteiger partial charge is 0.494 e. The van der Waals surface area contributed by atoms with Crippen molar-refractivity contribution in [2.75, 3.05) is 0 Å². The molecule has 0 aliphatic carbocycles. The average molecular weight is 297 g/mol. The van der Waals surface area contributed by atoms with Crippen LogP contribution in [0.4, 0.5) is 0 Å². The van der Waals surface area contributed by atoms with E-state index in [4.69, 9.17) is 12.2 Å². The number of aromatic nitrogens is 2. The SMILES string of the molecule is CCCCC(CCCC)N=Cc1c(O)[nH]c(=S)[nH]c1=O. The van der Waals surface area contributed by atoms with Gasteiger partial charge in [-0.3, -0.25) is 14.8 Å². The van der Waals surface area contributed by atoms with E-state index >= 15 is 0 Å². The highest BCUT2D eigenvalue weighted by atomic mass is 32.1. The summed E-state index contributed by atoms with van der Waals surface area (Å²) in [6, 6.07) is 0.205. The standard InChI is InChI=1S/C14H23N3O2S/c1-3-5-7-10(8-6-4-2)15-9-11-12(18)16-14(20)17-13(11)19/h9-10H,3-8H2,1-2H3,(H3,16,17,18,19,20). The molecule has 112 valence electrons. The van der Waals surface area contributed by atoms with Gasteiger partial charge in [-0.15, -0.1) is 0 Å². The van der Waals surface area contributed by atoms with Crippen LogP contribution in [-0.4, -0.2) is 27.3 Å². The minimum Gasteiger partial charge on any atom is -0.494 e. The van der Waals surface area contributed by atoms with Crippen molar-refractivity contribution < 1.29 is 5.11 Å². The highest BCUT2D eigenvalue weighted by Gasteiger charge is 2.08. The van der Waals surface area contributed by atoms with Crippen molar-refractivity contribution in [1.82, 2.24) is 9.97 Å². The molecule has 20 heavy (non-hydrogen) atoms. The van der Waals surface area contributed by atoms with Crippen molar-refractivity contribution in [2.24, 2.45) is 4.99 Å². The van der Waals surface area contributed by atoms with Gasteiger partial charge in [0.2, 0.25) is 5.88 Å². The van der Waals surface area contributed by atoms with Crippen LogP contribution in [0.1, 0.15) is 57.9 Å². The molecular formula is C14H23N3O2S. The maximum Gasteiger partial charge on any atom is 0.264 e. The van der Waals surface area contributed by atoms with E-state index in [2.05, 4.69) is 28.8 Å². The summed E-state index contributed by atoms with van der Waals surface area (Å²) in [6.07, 6.45) is 7.96. The number of aromatic amines is 2. The molecule has 6 heteroatoms. The van der Waals surface area contributed by atoms with Crippen molar-refractivity contribution in [2.45, 2.75) is 58.4 Å². The van der Waals surface area contributed by atoms with Crippen LogP contribution < -0.4 is 5.56 Å². The molecule has 0 aliphatic heterocycles. The number of nitrogens with zero attached hydrogens (tertiary/aromatic N) is 1. The highest BCUT2D eigenvalue weighted by Crippen LogP contribution is 2.13. The number of aromatic hydroxyl groups is 1. The average Bonchev–Trinajstić information content (AvgIpc) is 2.39. The zero-order valence-corrected chi connectivity index (χ0v) is 12.9. The molecule has 3 N–H and O–H groups in total. The zero-order chi connectivity index (χ0) is 15.0. The lowest BCUT2D eigenvalue weighted by molar-refractivity contribution is 0.448. The second-order valence-corrected chi connectivity index (χ2v) is 5.30. The molecule has 0 atom stereocenters. The monoisotopic (exact) mass is 297 g/mol. The molecule has 0 unspecified atom stereocenters. The van der Waals surface area contributed by atoms with Gasteiger partial charge in [0.25, 0.3) is 5.56 Å². The van der Waals surface area contributed by atoms with Crippen LogP contribution in [0.3, 0.4) is 0 Å². The van der Waals surface area contributed by atoms with Crippen molar-refractivity contribution in [3.05, 3.63) is 20.7 Å². The molecular weight excluding hydrogens is 274 g/mol. The van der Waals surface area contributed by atoms with E-state index in [0.717, 1.165) is 38.5 Å². The van der Waals surface area contributed by atoms with Crippen molar-refractivity contribution in [3.63, 3.8) is 0 Å². The number of hydrogen-bond acceptors (Lipinski definition) is 4. The van der Waals surface area contributed by atoms with Gasteiger partial charge in [-0.1, -0.05) is 39.5 Å². The van der Waals surface area contributed by atoms with Crippen molar-refractivity contribution >= 4 is 18.4 Å². The Morgan fingerprint density at radius 2 is 1.85 bits per heavy atom. The molecule has 0 spiro atoms. The molecule has 1 aromatic rings. The predicted octanol–water partition coefficient (Wildman–Crippen LogP) is 3.31. The Kier molecular flexibility index (Phi) is 7.22. The number of unbranched alkanes of at least 4 members (excludes halogenated alkanes) is 2. The molecule has 0 fully saturated rings. The fourth-order valence-electron chi connectivity index (χ4n) is 1.96. The predicted molar refractivity (Wildman–Crippen MR) is 84.3 cm³/mol. The van der Waals surface area contributed by atoms with Crippen LogP contribution in [0.5, 0.6) is 5.88 Å². The molecule has 5 nitrogen and oxygen atoms in total. The molecule has 1 aromatic heterocycles. The first kappa shape index (κ1) is 16.6. The third kappa shape index (κ3) is 5.28. The summed E-state index contributed by atoms with van der Waals surface area (Å²) < 4.78 is 0.109. The Hall–Kier alpha value is -1.43.